The van der Waals surface area contributed by atoms with Gasteiger partial charge in [-0.3, -0.25) is 0 Å². The van der Waals surface area contributed by atoms with Crippen molar-refractivity contribution in [1.29, 1.82) is 0 Å². The minimum atomic E-state index is 0.382. The summed E-state index contributed by atoms with van der Waals surface area (Å²) in [7, 11) is 1.77. The Morgan fingerprint density at radius 3 is 2.79 bits per heavy atom. The van der Waals surface area contributed by atoms with Crippen molar-refractivity contribution in [3.8, 4) is 5.75 Å². The summed E-state index contributed by atoms with van der Waals surface area (Å²) in [4.78, 5) is 0. The average Bonchev–Trinajstić information content (AvgIpc) is 3.03. The molecular formula is C25H30ClNO. The molecule has 2 aromatic rings. The predicted molar refractivity (Wildman–Crippen MR) is 116 cm³/mol. The van der Waals surface area contributed by atoms with E-state index < -0.39 is 0 Å². The maximum atomic E-state index is 6.21. The normalized spacial score (nSPS) is 33.5. The Morgan fingerprint density at radius 1 is 1.07 bits per heavy atom. The number of anilines is 1. The van der Waals surface area contributed by atoms with Crippen molar-refractivity contribution in [3.05, 3.63) is 58.6 Å². The van der Waals surface area contributed by atoms with Crippen LogP contribution in [-0.4, -0.2) is 13.2 Å². The summed E-state index contributed by atoms with van der Waals surface area (Å²) in [6.45, 7) is 2.55. The lowest BCUT2D eigenvalue weighted by molar-refractivity contribution is 0.0535. The largest absolute Gasteiger partial charge is 0.497 e. The van der Waals surface area contributed by atoms with Crippen molar-refractivity contribution < 1.29 is 4.74 Å². The molecule has 0 aromatic heterocycles. The van der Waals surface area contributed by atoms with Crippen LogP contribution in [0.3, 0.4) is 0 Å². The zero-order chi connectivity index (χ0) is 19.3. The topological polar surface area (TPSA) is 21.3 Å². The molecule has 0 aliphatic heterocycles. The van der Waals surface area contributed by atoms with Gasteiger partial charge in [0, 0.05) is 16.8 Å². The molecule has 0 heterocycles. The van der Waals surface area contributed by atoms with Gasteiger partial charge in [0.1, 0.15) is 5.75 Å². The summed E-state index contributed by atoms with van der Waals surface area (Å²) in [6.07, 6.45) is 7.77. The fourth-order valence-electron chi connectivity index (χ4n) is 6.70. The van der Waals surface area contributed by atoms with E-state index in [0.717, 1.165) is 28.5 Å². The van der Waals surface area contributed by atoms with E-state index in [1.165, 1.54) is 49.8 Å². The Morgan fingerprint density at radius 2 is 1.96 bits per heavy atom. The molecule has 5 atom stereocenters. The summed E-state index contributed by atoms with van der Waals surface area (Å²) >= 11 is 6.21. The van der Waals surface area contributed by atoms with Gasteiger partial charge in [-0.15, -0.1) is 0 Å². The average molecular weight is 396 g/mol. The number of halogens is 1. The summed E-state index contributed by atoms with van der Waals surface area (Å²) in [6, 6.07) is 15.5. The van der Waals surface area contributed by atoms with Crippen LogP contribution in [0, 0.1) is 17.3 Å². The Balaban J connectivity index is 1.39. The number of methoxy groups -OCH3 is 1. The first-order valence-corrected chi connectivity index (χ1v) is 11.2. The molecule has 0 spiro atoms. The van der Waals surface area contributed by atoms with Gasteiger partial charge in [0.15, 0.2) is 0 Å². The van der Waals surface area contributed by atoms with E-state index in [2.05, 4.69) is 42.6 Å². The van der Waals surface area contributed by atoms with Gasteiger partial charge in [-0.05, 0) is 103 Å². The van der Waals surface area contributed by atoms with Gasteiger partial charge < -0.3 is 10.1 Å². The van der Waals surface area contributed by atoms with Gasteiger partial charge in [0.25, 0.3) is 0 Å². The first-order chi connectivity index (χ1) is 13.6. The highest BCUT2D eigenvalue weighted by molar-refractivity contribution is 6.30. The van der Waals surface area contributed by atoms with E-state index >= 15 is 0 Å². The molecule has 2 aromatic carbocycles. The molecule has 2 fully saturated rings. The molecule has 0 saturated heterocycles. The maximum Gasteiger partial charge on any atom is 0.119 e. The van der Waals surface area contributed by atoms with Gasteiger partial charge in [0.05, 0.1) is 7.11 Å². The second-order valence-electron chi connectivity index (χ2n) is 9.31. The van der Waals surface area contributed by atoms with Crippen molar-refractivity contribution in [1.82, 2.24) is 0 Å². The third-order valence-corrected chi connectivity index (χ3v) is 8.33. The lowest BCUT2D eigenvalue weighted by atomic mass is 9.55. The van der Waals surface area contributed by atoms with Gasteiger partial charge in [-0.25, -0.2) is 0 Å². The molecule has 0 radical (unpaired) electrons. The lowest BCUT2D eigenvalue weighted by Gasteiger charge is -2.51. The van der Waals surface area contributed by atoms with Crippen LogP contribution in [0.15, 0.2) is 42.5 Å². The van der Waals surface area contributed by atoms with Crippen molar-refractivity contribution in [3.63, 3.8) is 0 Å². The van der Waals surface area contributed by atoms with Crippen LogP contribution in [-0.2, 0) is 6.42 Å². The van der Waals surface area contributed by atoms with Crippen LogP contribution >= 0.6 is 11.6 Å². The smallest absolute Gasteiger partial charge is 0.119 e. The highest BCUT2D eigenvalue weighted by Gasteiger charge is 2.54. The second kappa shape index (κ2) is 6.99. The zero-order valence-electron chi connectivity index (χ0n) is 16.9. The van der Waals surface area contributed by atoms with E-state index in [4.69, 9.17) is 16.3 Å². The number of hydrogen-bond donors (Lipinski definition) is 1. The first-order valence-electron chi connectivity index (χ1n) is 10.8. The van der Waals surface area contributed by atoms with Crippen molar-refractivity contribution in [2.75, 3.05) is 12.4 Å². The summed E-state index contributed by atoms with van der Waals surface area (Å²) in [5.41, 5.74) is 4.68. The number of aryl methyl sites for hydroxylation is 1. The molecule has 3 heteroatoms. The molecule has 1 N–H and O–H groups in total. The van der Waals surface area contributed by atoms with E-state index in [9.17, 15) is 0 Å². The van der Waals surface area contributed by atoms with E-state index in [0.29, 0.717) is 11.5 Å². The number of nitrogens with one attached hydrogen (secondary N) is 1. The Bertz CT molecular complexity index is 881. The fourth-order valence-corrected chi connectivity index (χ4v) is 6.89. The number of ether oxygens (including phenoxy) is 1. The van der Waals surface area contributed by atoms with Crippen molar-refractivity contribution in [2.45, 2.75) is 57.4 Å². The molecule has 2 saturated carbocycles. The Labute approximate surface area is 173 Å². The van der Waals surface area contributed by atoms with Crippen LogP contribution in [0.5, 0.6) is 5.75 Å². The molecule has 0 unspecified atom stereocenters. The summed E-state index contributed by atoms with van der Waals surface area (Å²) in [5, 5.41) is 4.66. The summed E-state index contributed by atoms with van der Waals surface area (Å²) < 4.78 is 5.46. The Kier molecular flexibility index (Phi) is 4.58. The molecule has 0 amide bonds. The predicted octanol–water partition coefficient (Wildman–Crippen LogP) is 6.69. The van der Waals surface area contributed by atoms with Gasteiger partial charge >= 0.3 is 0 Å². The van der Waals surface area contributed by atoms with E-state index in [-0.39, 0.29) is 0 Å². The van der Waals surface area contributed by atoms with Crippen molar-refractivity contribution >= 4 is 17.3 Å². The van der Waals surface area contributed by atoms with Crippen molar-refractivity contribution in [2.24, 2.45) is 17.3 Å². The highest BCUT2D eigenvalue weighted by atomic mass is 35.5. The fraction of sp³-hybridized carbons (Fsp3) is 0.520. The molecule has 0 bridgehead atoms. The number of fused-ring (bicyclic) bond motifs is 5. The monoisotopic (exact) mass is 395 g/mol. The molecule has 28 heavy (non-hydrogen) atoms. The first kappa shape index (κ1) is 18.4. The molecule has 148 valence electrons. The van der Waals surface area contributed by atoms with Crippen LogP contribution < -0.4 is 10.1 Å². The van der Waals surface area contributed by atoms with E-state index in [1.54, 1.807) is 12.7 Å². The zero-order valence-corrected chi connectivity index (χ0v) is 17.6. The quantitative estimate of drug-likeness (QED) is 0.625. The molecular weight excluding hydrogens is 366 g/mol. The van der Waals surface area contributed by atoms with Crippen LogP contribution in [0.4, 0.5) is 5.69 Å². The standard InChI is InChI=1S/C25H30ClNO/c1-25-13-12-21-20-9-7-19(28-2)14-16(20)6-8-22(21)23(25)10-11-24(25)27-18-5-3-4-17(26)15-18/h3-5,7,9,14-15,21-24,27H,6,8,10-13H2,1-2H3/t21-,22-,23+,24+,25+/m1/s1. The molecule has 5 rings (SSSR count). The van der Waals surface area contributed by atoms with Gasteiger partial charge in [-0.1, -0.05) is 30.7 Å². The minimum Gasteiger partial charge on any atom is -0.497 e. The van der Waals surface area contributed by atoms with Crippen LogP contribution in [0.2, 0.25) is 5.02 Å². The second-order valence-corrected chi connectivity index (χ2v) is 9.75. The number of rotatable bonds is 3. The highest BCUT2D eigenvalue weighted by Crippen LogP contribution is 2.61. The molecule has 2 nitrogen and oxygen atoms in total. The van der Waals surface area contributed by atoms with Crippen LogP contribution in [0.1, 0.15) is 56.1 Å². The Hall–Kier alpha value is -1.67. The van der Waals surface area contributed by atoms with Gasteiger partial charge in [-0.2, -0.15) is 0 Å². The minimum absolute atomic E-state index is 0.382. The SMILES string of the molecule is COc1ccc2c(c1)CC[C@@H]1[C@@H]2CC[C@]2(C)[C@@H](Nc3cccc(Cl)c3)CC[C@@H]12. The number of hydrogen-bond acceptors (Lipinski definition) is 2. The molecule has 3 aliphatic rings. The third kappa shape index (κ3) is 2.92. The van der Waals surface area contributed by atoms with Crippen LogP contribution in [0.25, 0.3) is 0 Å². The number of benzene rings is 2. The van der Waals surface area contributed by atoms with Gasteiger partial charge in [0.2, 0.25) is 0 Å². The summed E-state index contributed by atoms with van der Waals surface area (Å²) in [5.74, 6) is 3.38. The molecule has 3 aliphatic carbocycles. The third-order valence-electron chi connectivity index (χ3n) is 8.10. The lowest BCUT2D eigenvalue weighted by Crippen LogP contribution is -2.46. The maximum absolute atomic E-state index is 6.21. The van der Waals surface area contributed by atoms with E-state index in [1.807, 2.05) is 12.1 Å².